The topological polar surface area (TPSA) is 60.6 Å². The van der Waals surface area contributed by atoms with Crippen LogP contribution in [0, 0.1) is 0 Å². The Balaban J connectivity index is 1.38. The third kappa shape index (κ3) is 3.55. The maximum atomic E-state index is 4.44. The molecule has 0 saturated carbocycles. The van der Waals surface area contributed by atoms with Crippen LogP contribution in [-0.4, -0.2) is 24.5 Å². The molecule has 0 bridgehead atoms. The summed E-state index contributed by atoms with van der Waals surface area (Å²) in [5.41, 5.74) is 4.45. The zero-order valence-corrected chi connectivity index (χ0v) is 14.5. The van der Waals surface area contributed by atoms with Gasteiger partial charge in [0.25, 0.3) is 0 Å². The minimum Gasteiger partial charge on any atom is -0.306 e. The van der Waals surface area contributed by atoms with E-state index in [0.717, 1.165) is 23.5 Å². The van der Waals surface area contributed by atoms with Gasteiger partial charge in [-0.1, -0.05) is 30.3 Å². The van der Waals surface area contributed by atoms with Crippen molar-refractivity contribution in [2.75, 3.05) is 0 Å². The lowest BCUT2D eigenvalue weighted by Crippen LogP contribution is -2.17. The Morgan fingerprint density at radius 1 is 0.923 bits per heavy atom. The third-order valence-electron chi connectivity index (χ3n) is 4.35. The average Bonchev–Trinajstić information content (AvgIpc) is 3.39. The van der Waals surface area contributed by atoms with E-state index in [9.17, 15) is 0 Å². The van der Waals surface area contributed by atoms with Crippen LogP contribution in [0.5, 0.6) is 0 Å². The van der Waals surface area contributed by atoms with Gasteiger partial charge in [-0.25, -0.2) is 14.3 Å². The van der Waals surface area contributed by atoms with Gasteiger partial charge in [0.15, 0.2) is 0 Å². The van der Waals surface area contributed by atoms with Crippen molar-refractivity contribution < 1.29 is 0 Å². The molecule has 1 N–H and O–H groups in total. The first-order chi connectivity index (χ1) is 12.8. The molecule has 0 unspecified atom stereocenters. The van der Waals surface area contributed by atoms with Crippen LogP contribution in [0.2, 0.25) is 0 Å². The number of aromatic nitrogens is 5. The van der Waals surface area contributed by atoms with Gasteiger partial charge in [0.2, 0.25) is 0 Å². The molecule has 0 aliphatic heterocycles. The normalized spacial score (nSPS) is 12.2. The first-order valence-corrected chi connectivity index (χ1v) is 8.57. The molecule has 0 spiro atoms. The Bertz CT molecular complexity index is 942. The molecule has 0 aliphatic carbocycles. The fourth-order valence-electron chi connectivity index (χ4n) is 2.82. The van der Waals surface area contributed by atoms with Crippen LogP contribution in [0.15, 0.2) is 79.6 Å². The van der Waals surface area contributed by atoms with Crippen molar-refractivity contribution in [1.29, 1.82) is 0 Å². The minimum atomic E-state index is 0.236. The van der Waals surface area contributed by atoms with E-state index in [1.807, 2.05) is 41.2 Å². The average molecular weight is 344 g/mol. The predicted molar refractivity (Wildman–Crippen MR) is 100 cm³/mol. The summed E-state index contributed by atoms with van der Waals surface area (Å²) in [6.07, 6.45) is 7.19. The van der Waals surface area contributed by atoms with Crippen LogP contribution < -0.4 is 5.32 Å². The molecule has 4 aromatic rings. The number of nitrogens with one attached hydrogen (secondary N) is 1. The van der Waals surface area contributed by atoms with Gasteiger partial charge in [-0.05, 0) is 36.8 Å². The van der Waals surface area contributed by atoms with Gasteiger partial charge in [-0.3, -0.25) is 0 Å². The molecule has 0 saturated heterocycles. The van der Waals surface area contributed by atoms with E-state index < -0.39 is 0 Å². The first kappa shape index (κ1) is 16.2. The second-order valence-electron chi connectivity index (χ2n) is 6.16. The van der Waals surface area contributed by atoms with Crippen LogP contribution in [0.3, 0.4) is 0 Å². The van der Waals surface area contributed by atoms with Gasteiger partial charge < -0.3 is 5.32 Å². The number of benzene rings is 2. The molecule has 0 fully saturated rings. The molecule has 0 amide bonds. The lowest BCUT2D eigenvalue weighted by molar-refractivity contribution is 0.574. The van der Waals surface area contributed by atoms with E-state index in [4.69, 9.17) is 0 Å². The van der Waals surface area contributed by atoms with E-state index in [-0.39, 0.29) is 6.04 Å². The van der Waals surface area contributed by atoms with Gasteiger partial charge >= 0.3 is 0 Å². The quantitative estimate of drug-likeness (QED) is 0.583. The molecular weight excluding hydrogens is 324 g/mol. The highest BCUT2D eigenvalue weighted by Gasteiger charge is 2.07. The standard InChI is InChI=1S/C20H20N6/c1-16(18-7-9-20(10-8-18)26-15-21-14-24-26)22-11-17-12-23-25(13-17)19-5-3-2-4-6-19/h2-10,12-16,22H,11H2,1H3/t16-/m0/s1. The molecule has 2 aromatic heterocycles. The SMILES string of the molecule is C[C@H](NCc1cnn(-c2ccccc2)c1)c1ccc(-n2cncn2)cc1. The zero-order valence-electron chi connectivity index (χ0n) is 14.5. The fraction of sp³-hybridized carbons (Fsp3) is 0.150. The number of hydrogen-bond acceptors (Lipinski definition) is 4. The Morgan fingerprint density at radius 3 is 2.42 bits per heavy atom. The minimum absolute atomic E-state index is 0.236. The molecule has 2 heterocycles. The van der Waals surface area contributed by atoms with Crippen molar-refractivity contribution in [1.82, 2.24) is 29.9 Å². The summed E-state index contributed by atoms with van der Waals surface area (Å²) in [6, 6.07) is 18.7. The second kappa shape index (κ2) is 7.33. The Labute approximate surface area is 152 Å². The smallest absolute Gasteiger partial charge is 0.138 e. The summed E-state index contributed by atoms with van der Waals surface area (Å²) < 4.78 is 3.65. The lowest BCUT2D eigenvalue weighted by atomic mass is 10.1. The van der Waals surface area contributed by atoms with Crippen molar-refractivity contribution in [3.8, 4) is 11.4 Å². The lowest BCUT2D eigenvalue weighted by Gasteiger charge is -2.14. The van der Waals surface area contributed by atoms with Crippen LogP contribution in [0.1, 0.15) is 24.1 Å². The van der Waals surface area contributed by atoms with Gasteiger partial charge in [-0.15, -0.1) is 0 Å². The van der Waals surface area contributed by atoms with Crippen molar-refractivity contribution in [3.05, 3.63) is 90.8 Å². The summed E-state index contributed by atoms with van der Waals surface area (Å²) in [4.78, 5) is 3.97. The van der Waals surface area contributed by atoms with Crippen molar-refractivity contribution >= 4 is 0 Å². The summed E-state index contributed by atoms with van der Waals surface area (Å²) in [5.74, 6) is 0. The highest BCUT2D eigenvalue weighted by atomic mass is 15.3. The summed E-state index contributed by atoms with van der Waals surface area (Å²) in [6.45, 7) is 2.92. The molecule has 6 heteroatoms. The summed E-state index contributed by atoms with van der Waals surface area (Å²) in [5, 5.41) is 12.1. The monoisotopic (exact) mass is 344 g/mol. The van der Waals surface area contributed by atoms with E-state index in [2.05, 4.69) is 57.9 Å². The molecule has 130 valence electrons. The van der Waals surface area contributed by atoms with E-state index in [1.54, 1.807) is 11.0 Å². The number of rotatable bonds is 6. The number of hydrogen-bond donors (Lipinski definition) is 1. The van der Waals surface area contributed by atoms with E-state index in [1.165, 1.54) is 11.9 Å². The molecular formula is C20H20N6. The Kier molecular flexibility index (Phi) is 4.57. The molecule has 2 aromatic carbocycles. The number of para-hydroxylation sites is 1. The zero-order chi connectivity index (χ0) is 17.8. The molecule has 1 atom stereocenters. The second-order valence-corrected chi connectivity index (χ2v) is 6.16. The van der Waals surface area contributed by atoms with Gasteiger partial charge in [-0.2, -0.15) is 10.2 Å². The number of nitrogens with zero attached hydrogens (tertiary/aromatic N) is 5. The highest BCUT2D eigenvalue weighted by molar-refractivity contribution is 5.34. The van der Waals surface area contributed by atoms with E-state index >= 15 is 0 Å². The van der Waals surface area contributed by atoms with Crippen molar-refractivity contribution in [2.45, 2.75) is 19.5 Å². The van der Waals surface area contributed by atoms with Crippen LogP contribution in [-0.2, 0) is 6.54 Å². The predicted octanol–water partition coefficient (Wildman–Crippen LogP) is 3.30. The van der Waals surface area contributed by atoms with Crippen molar-refractivity contribution in [3.63, 3.8) is 0 Å². The van der Waals surface area contributed by atoms with Gasteiger partial charge in [0.1, 0.15) is 12.7 Å². The molecule has 26 heavy (non-hydrogen) atoms. The largest absolute Gasteiger partial charge is 0.306 e. The highest BCUT2D eigenvalue weighted by Crippen LogP contribution is 2.16. The maximum Gasteiger partial charge on any atom is 0.138 e. The van der Waals surface area contributed by atoms with Crippen LogP contribution >= 0.6 is 0 Å². The fourth-order valence-corrected chi connectivity index (χ4v) is 2.82. The third-order valence-corrected chi connectivity index (χ3v) is 4.35. The molecule has 6 nitrogen and oxygen atoms in total. The van der Waals surface area contributed by atoms with Gasteiger partial charge in [0.05, 0.1) is 17.6 Å². The molecule has 0 radical (unpaired) electrons. The van der Waals surface area contributed by atoms with Crippen LogP contribution in [0.25, 0.3) is 11.4 Å². The molecule has 4 rings (SSSR count). The Morgan fingerprint density at radius 2 is 1.69 bits per heavy atom. The van der Waals surface area contributed by atoms with Gasteiger partial charge in [0, 0.05) is 24.3 Å². The molecule has 0 aliphatic rings. The van der Waals surface area contributed by atoms with Crippen molar-refractivity contribution in [2.24, 2.45) is 0 Å². The maximum absolute atomic E-state index is 4.44. The Hall–Kier alpha value is -3.25. The first-order valence-electron chi connectivity index (χ1n) is 8.57. The summed E-state index contributed by atoms with van der Waals surface area (Å²) >= 11 is 0. The summed E-state index contributed by atoms with van der Waals surface area (Å²) in [7, 11) is 0. The van der Waals surface area contributed by atoms with Crippen LogP contribution in [0.4, 0.5) is 0 Å². The van der Waals surface area contributed by atoms with E-state index in [0.29, 0.717) is 0 Å².